The molecule has 2 aromatic carbocycles. The van der Waals surface area contributed by atoms with Crippen LogP contribution in [0.4, 0.5) is 4.79 Å². The van der Waals surface area contributed by atoms with Crippen LogP contribution in [-0.4, -0.2) is 51.3 Å². The van der Waals surface area contributed by atoms with Gasteiger partial charge < -0.3 is 15.0 Å². The molecule has 188 valence electrons. The molecule has 0 radical (unpaired) electrons. The van der Waals surface area contributed by atoms with Gasteiger partial charge in [-0.25, -0.2) is 13.2 Å². The molecular weight excluding hydrogens is 532 g/mol. The maximum absolute atomic E-state index is 12.9. The van der Waals surface area contributed by atoms with Crippen LogP contribution in [0.5, 0.6) is 0 Å². The van der Waals surface area contributed by atoms with Crippen molar-refractivity contribution in [2.24, 2.45) is 0 Å². The summed E-state index contributed by atoms with van der Waals surface area (Å²) >= 11 is 3.74. The number of benzene rings is 2. The van der Waals surface area contributed by atoms with Gasteiger partial charge in [0.2, 0.25) is 0 Å². The number of ether oxygens (including phenoxy) is 1. The number of nitrogens with one attached hydrogen (secondary N) is 1. The summed E-state index contributed by atoms with van der Waals surface area (Å²) < 4.78 is 30.4. The first-order valence-corrected chi connectivity index (χ1v) is 14.6. The van der Waals surface area contributed by atoms with E-state index in [0.717, 1.165) is 23.7 Å². The maximum Gasteiger partial charge on any atom is 0.317 e. The number of likely N-dealkylation sites (tertiary alicyclic amines) is 1. The van der Waals surface area contributed by atoms with Gasteiger partial charge >= 0.3 is 12.0 Å². The summed E-state index contributed by atoms with van der Waals surface area (Å²) in [7, 11) is -3.37. The highest BCUT2D eigenvalue weighted by Crippen LogP contribution is 2.55. The number of urea groups is 1. The van der Waals surface area contributed by atoms with E-state index < -0.39 is 9.84 Å². The number of sulfone groups is 1. The number of nitrogens with zero attached hydrogens (tertiary/aromatic N) is 1. The van der Waals surface area contributed by atoms with Gasteiger partial charge in [0.25, 0.3) is 0 Å². The lowest BCUT2D eigenvalue weighted by Gasteiger charge is -2.40. The zero-order valence-corrected chi connectivity index (χ0v) is 22.5. The molecule has 7 nitrogen and oxygen atoms in total. The summed E-state index contributed by atoms with van der Waals surface area (Å²) in [5.41, 5.74) is 2.94. The van der Waals surface area contributed by atoms with Gasteiger partial charge in [-0.05, 0) is 60.9 Å². The number of rotatable bonds is 6. The molecule has 1 atom stereocenters. The highest BCUT2D eigenvalue weighted by Gasteiger charge is 2.47. The molecule has 1 unspecified atom stereocenters. The molecule has 2 aromatic rings. The molecule has 1 aliphatic heterocycles. The molecule has 0 aromatic heterocycles. The summed E-state index contributed by atoms with van der Waals surface area (Å²) in [5, 5.41) is 2.89. The van der Waals surface area contributed by atoms with Gasteiger partial charge in [-0.3, -0.25) is 4.79 Å². The third kappa shape index (κ3) is 5.40. The number of esters is 1. The molecule has 1 saturated heterocycles. The van der Waals surface area contributed by atoms with E-state index in [4.69, 9.17) is 4.74 Å². The molecule has 0 bridgehead atoms. The molecular formula is C26H31BrN2O5S. The van der Waals surface area contributed by atoms with E-state index >= 15 is 0 Å². The summed E-state index contributed by atoms with van der Waals surface area (Å²) in [6, 6.07) is 12.7. The molecule has 1 aliphatic carbocycles. The minimum Gasteiger partial charge on any atom is -0.466 e. The third-order valence-corrected chi connectivity index (χ3v) is 9.04. The Bertz CT molecular complexity index is 1220. The quantitative estimate of drug-likeness (QED) is 0.522. The van der Waals surface area contributed by atoms with E-state index in [1.165, 1.54) is 17.4 Å². The van der Waals surface area contributed by atoms with Crippen molar-refractivity contribution in [3.8, 4) is 0 Å². The molecule has 2 aliphatic rings. The first-order chi connectivity index (χ1) is 16.6. The van der Waals surface area contributed by atoms with E-state index in [1.54, 1.807) is 29.2 Å². The van der Waals surface area contributed by atoms with Gasteiger partial charge in [0.05, 0.1) is 17.9 Å². The van der Waals surface area contributed by atoms with Crippen molar-refractivity contribution in [1.29, 1.82) is 0 Å². The van der Waals surface area contributed by atoms with Crippen molar-refractivity contribution in [3.63, 3.8) is 0 Å². The van der Waals surface area contributed by atoms with E-state index in [1.807, 2.05) is 19.1 Å². The van der Waals surface area contributed by atoms with Crippen LogP contribution < -0.4 is 5.32 Å². The van der Waals surface area contributed by atoms with Gasteiger partial charge in [-0.2, -0.15) is 0 Å². The van der Waals surface area contributed by atoms with Gasteiger partial charge in [-0.1, -0.05) is 46.3 Å². The van der Waals surface area contributed by atoms with Gasteiger partial charge in [0.1, 0.15) is 0 Å². The van der Waals surface area contributed by atoms with Gasteiger partial charge in [0.15, 0.2) is 9.84 Å². The molecule has 0 saturated carbocycles. The number of carbonyl (C=O) groups is 2. The highest BCUT2D eigenvalue weighted by atomic mass is 79.9. The van der Waals surface area contributed by atoms with Crippen LogP contribution in [0.2, 0.25) is 0 Å². The largest absolute Gasteiger partial charge is 0.466 e. The smallest absolute Gasteiger partial charge is 0.317 e. The number of amides is 2. The lowest BCUT2D eigenvalue weighted by Crippen LogP contribution is -2.48. The molecule has 1 spiro atoms. The molecule has 4 rings (SSSR count). The molecule has 2 amide bonds. The minimum absolute atomic E-state index is 0.0910. The van der Waals surface area contributed by atoms with E-state index in [9.17, 15) is 18.0 Å². The van der Waals surface area contributed by atoms with Crippen molar-refractivity contribution >= 4 is 37.8 Å². The third-order valence-electron chi connectivity index (χ3n) is 7.18. The lowest BCUT2D eigenvalue weighted by atomic mass is 9.73. The number of hydrogen-bond acceptors (Lipinski definition) is 5. The topological polar surface area (TPSA) is 92.8 Å². The highest BCUT2D eigenvalue weighted by molar-refractivity contribution is 9.10. The average molecular weight is 564 g/mol. The number of halogens is 1. The summed E-state index contributed by atoms with van der Waals surface area (Å²) in [4.78, 5) is 27.2. The summed E-state index contributed by atoms with van der Waals surface area (Å²) in [6.07, 6.45) is 4.00. The fourth-order valence-corrected chi connectivity index (χ4v) is 7.36. The second-order valence-corrected chi connectivity index (χ2v) is 12.3. The maximum atomic E-state index is 12.9. The van der Waals surface area contributed by atoms with Crippen molar-refractivity contribution in [2.75, 3.05) is 26.0 Å². The van der Waals surface area contributed by atoms with Crippen LogP contribution in [-0.2, 0) is 31.3 Å². The number of carbonyl (C=O) groups excluding carboxylic acids is 2. The van der Waals surface area contributed by atoms with Gasteiger partial charge in [0, 0.05) is 35.8 Å². The second kappa shape index (κ2) is 10.3. The number of hydrogen-bond donors (Lipinski definition) is 1. The SMILES string of the molecule is CCOC(=O)CC1CC2(CCN(C(=O)NCc3ccccc3S(C)(=O)=O)CC2)c2c(Br)cccc21. The van der Waals surface area contributed by atoms with E-state index in [0.29, 0.717) is 31.7 Å². The average Bonchev–Trinajstić information content (AvgIpc) is 3.11. The summed E-state index contributed by atoms with van der Waals surface area (Å²) in [5.74, 6) is -0.0684. The van der Waals surface area contributed by atoms with Crippen molar-refractivity contribution < 1.29 is 22.7 Å². The van der Waals surface area contributed by atoms with Crippen LogP contribution in [0.15, 0.2) is 51.8 Å². The Hall–Kier alpha value is -2.39. The number of fused-ring (bicyclic) bond motifs is 2. The predicted molar refractivity (Wildman–Crippen MR) is 137 cm³/mol. The minimum atomic E-state index is -3.37. The second-order valence-electron chi connectivity index (χ2n) is 9.42. The van der Waals surface area contributed by atoms with Crippen molar-refractivity contribution in [1.82, 2.24) is 10.2 Å². The van der Waals surface area contributed by atoms with Crippen LogP contribution in [0, 0.1) is 0 Å². The van der Waals surface area contributed by atoms with E-state index in [-0.39, 0.29) is 34.8 Å². The summed E-state index contributed by atoms with van der Waals surface area (Å²) in [6.45, 7) is 3.53. The lowest BCUT2D eigenvalue weighted by molar-refractivity contribution is -0.143. The zero-order valence-electron chi connectivity index (χ0n) is 20.1. The first-order valence-electron chi connectivity index (χ1n) is 11.9. The van der Waals surface area contributed by atoms with E-state index in [2.05, 4.69) is 27.3 Å². The van der Waals surface area contributed by atoms with Crippen molar-refractivity contribution in [3.05, 3.63) is 63.6 Å². The monoisotopic (exact) mass is 562 g/mol. The molecule has 1 heterocycles. The standard InChI is InChI=1S/C26H31BrN2O5S/c1-3-34-23(30)15-19-16-26(24-20(19)8-6-9-21(24)27)11-13-29(14-12-26)25(31)28-17-18-7-4-5-10-22(18)35(2,32)33/h4-10,19H,3,11-17H2,1-2H3,(H,28,31). The Morgan fingerprint density at radius 3 is 2.54 bits per heavy atom. The fraction of sp³-hybridized carbons (Fsp3) is 0.462. The number of piperidine rings is 1. The Morgan fingerprint density at radius 2 is 1.86 bits per heavy atom. The van der Waals surface area contributed by atoms with Crippen molar-refractivity contribution in [2.45, 2.75) is 55.4 Å². The normalized spacial score (nSPS) is 18.8. The Balaban J connectivity index is 1.44. The Morgan fingerprint density at radius 1 is 1.14 bits per heavy atom. The molecule has 9 heteroatoms. The molecule has 35 heavy (non-hydrogen) atoms. The van der Waals surface area contributed by atoms with Crippen LogP contribution in [0.3, 0.4) is 0 Å². The Kier molecular flexibility index (Phi) is 7.57. The van der Waals surface area contributed by atoms with Gasteiger partial charge in [-0.15, -0.1) is 0 Å². The van der Waals surface area contributed by atoms with Crippen LogP contribution in [0.25, 0.3) is 0 Å². The Labute approximate surface area is 215 Å². The van der Waals surface area contributed by atoms with Crippen LogP contribution >= 0.6 is 15.9 Å². The van der Waals surface area contributed by atoms with Crippen LogP contribution in [0.1, 0.15) is 55.2 Å². The predicted octanol–water partition coefficient (Wildman–Crippen LogP) is 4.54. The fourth-order valence-electron chi connectivity index (χ4n) is 5.61. The zero-order chi connectivity index (χ0) is 25.2. The molecule has 1 fully saturated rings. The molecule has 1 N–H and O–H groups in total. The first kappa shape index (κ1) is 25.7.